The van der Waals surface area contributed by atoms with E-state index in [0.29, 0.717) is 5.39 Å². The number of methoxy groups -OCH3 is 1. The van der Waals surface area contributed by atoms with Gasteiger partial charge in [0.1, 0.15) is 5.70 Å². The van der Waals surface area contributed by atoms with E-state index in [0.717, 1.165) is 7.11 Å². The van der Waals surface area contributed by atoms with E-state index in [-0.39, 0.29) is 34.2 Å². The molecule has 0 bridgehead atoms. The summed E-state index contributed by atoms with van der Waals surface area (Å²) in [6.45, 7) is 4.68. The average molecular weight is 374 g/mol. The van der Waals surface area contributed by atoms with Crippen molar-refractivity contribution in [1.82, 2.24) is 9.88 Å². The van der Waals surface area contributed by atoms with Crippen LogP contribution in [0.2, 0.25) is 0 Å². The zero-order valence-corrected chi connectivity index (χ0v) is 15.5. The topological polar surface area (TPSA) is 60.3 Å². The van der Waals surface area contributed by atoms with Crippen LogP contribution in [0.25, 0.3) is 16.5 Å². The van der Waals surface area contributed by atoms with Crippen LogP contribution in [-0.4, -0.2) is 29.3 Å². The van der Waals surface area contributed by atoms with E-state index in [1.165, 1.54) is 35.9 Å². The molecule has 1 aromatic heterocycles. The van der Waals surface area contributed by atoms with Gasteiger partial charge < -0.3 is 10.1 Å². The van der Waals surface area contributed by atoms with Crippen molar-refractivity contribution < 1.29 is 23.1 Å². The number of alkyl halides is 1. The van der Waals surface area contributed by atoms with Gasteiger partial charge in [-0.2, -0.15) is 0 Å². The fourth-order valence-corrected chi connectivity index (χ4v) is 3.02. The van der Waals surface area contributed by atoms with Gasteiger partial charge in [-0.1, -0.05) is 32.1 Å². The molecule has 1 aromatic carbocycles. The lowest BCUT2D eigenvalue weighted by Crippen LogP contribution is -2.40. The van der Waals surface area contributed by atoms with E-state index in [4.69, 9.17) is 4.74 Å². The third-order valence-electron chi connectivity index (χ3n) is 4.40. The van der Waals surface area contributed by atoms with Crippen LogP contribution in [0.15, 0.2) is 42.2 Å². The van der Waals surface area contributed by atoms with Crippen molar-refractivity contribution in [3.63, 3.8) is 0 Å². The summed E-state index contributed by atoms with van der Waals surface area (Å²) in [5, 5.41) is 2.98. The van der Waals surface area contributed by atoms with Gasteiger partial charge >= 0.3 is 5.97 Å². The second kappa shape index (κ2) is 6.64. The molecule has 1 N–H and O–H groups in total. The Labute approximate surface area is 155 Å². The number of carbonyl (C=O) groups excluding carboxylic acids is 2. The number of halogens is 2. The molecule has 1 aliphatic heterocycles. The highest BCUT2D eigenvalue weighted by molar-refractivity contribution is 6.02. The molecule has 2 heterocycles. The second-order valence-corrected chi connectivity index (χ2v) is 6.86. The van der Waals surface area contributed by atoms with Crippen molar-refractivity contribution in [3.8, 4) is 0 Å². The van der Waals surface area contributed by atoms with Gasteiger partial charge in [0, 0.05) is 28.6 Å². The number of hydrogen-bond acceptors (Lipinski definition) is 4. The van der Waals surface area contributed by atoms with Gasteiger partial charge in [0.25, 0.3) is 0 Å². The summed E-state index contributed by atoms with van der Waals surface area (Å²) >= 11 is 0. The number of ether oxygens (including phenoxy) is 1. The molecule has 142 valence electrons. The second-order valence-electron chi connectivity index (χ2n) is 6.86. The number of rotatable bonds is 3. The van der Waals surface area contributed by atoms with E-state index >= 15 is 4.39 Å². The van der Waals surface area contributed by atoms with Gasteiger partial charge in [-0.15, -0.1) is 0 Å². The molecule has 0 aliphatic carbocycles. The van der Waals surface area contributed by atoms with Gasteiger partial charge in [-0.05, 0) is 19.1 Å². The lowest BCUT2D eigenvalue weighted by Gasteiger charge is -2.26. The van der Waals surface area contributed by atoms with Gasteiger partial charge in [0.05, 0.1) is 12.6 Å². The predicted molar refractivity (Wildman–Crippen MR) is 98.1 cm³/mol. The quantitative estimate of drug-likeness (QED) is 0.656. The first kappa shape index (κ1) is 18.8. The van der Waals surface area contributed by atoms with Crippen LogP contribution < -0.4 is 5.32 Å². The Bertz CT molecular complexity index is 1000. The summed E-state index contributed by atoms with van der Waals surface area (Å²) < 4.78 is 35.6. The number of nitrogens with one attached hydrogen (secondary N) is 1. The Morgan fingerprint density at radius 3 is 2.59 bits per heavy atom. The van der Waals surface area contributed by atoms with E-state index in [1.807, 2.05) is 0 Å². The first-order chi connectivity index (χ1) is 12.7. The molecule has 0 amide bonds. The first-order valence-electron chi connectivity index (χ1n) is 8.49. The molecule has 3 rings (SSSR count). The zero-order valence-electron chi connectivity index (χ0n) is 15.5. The van der Waals surface area contributed by atoms with Gasteiger partial charge in [0.15, 0.2) is 11.6 Å². The van der Waals surface area contributed by atoms with Crippen molar-refractivity contribution in [2.75, 3.05) is 7.11 Å². The van der Waals surface area contributed by atoms with Crippen LogP contribution in [-0.2, 0) is 9.53 Å². The fourth-order valence-electron chi connectivity index (χ4n) is 3.02. The van der Waals surface area contributed by atoms with Crippen LogP contribution in [0.3, 0.4) is 0 Å². The Morgan fingerprint density at radius 2 is 1.96 bits per heavy atom. The number of allylic oxidation sites excluding steroid dienone is 2. The third-order valence-corrected chi connectivity index (χ3v) is 4.40. The average Bonchev–Trinajstić information content (AvgIpc) is 3.05. The highest BCUT2D eigenvalue weighted by atomic mass is 19.1. The van der Waals surface area contributed by atoms with Crippen LogP contribution in [0.5, 0.6) is 0 Å². The zero-order chi connectivity index (χ0) is 19.9. The Hall–Kier alpha value is -2.96. The molecule has 2 aromatic rings. The Balaban J connectivity index is 2.25. The van der Waals surface area contributed by atoms with Crippen molar-refractivity contribution >= 4 is 28.4 Å². The van der Waals surface area contributed by atoms with Crippen LogP contribution in [0.4, 0.5) is 8.78 Å². The number of fused-ring (bicyclic) bond motifs is 1. The van der Waals surface area contributed by atoms with Gasteiger partial charge in [0.2, 0.25) is 5.91 Å². The molecule has 0 spiro atoms. The highest BCUT2D eigenvalue weighted by Crippen LogP contribution is 2.33. The van der Waals surface area contributed by atoms with Crippen molar-refractivity contribution in [2.24, 2.45) is 5.92 Å². The van der Waals surface area contributed by atoms with Crippen molar-refractivity contribution in [3.05, 3.63) is 53.6 Å². The van der Waals surface area contributed by atoms with E-state index in [9.17, 15) is 14.0 Å². The standard InChI is InChI=1S/C20H20F2N2O3/c1-11(2)18(25)24-10-8-12-5-6-13(15(21)17(12)24)14-7-9-20(3,22)23-16(14)19(26)27-4/h5-11,23H,1-4H3. The summed E-state index contributed by atoms with van der Waals surface area (Å²) in [5.41, 5.74) is 0.154. The fraction of sp³-hybridized carbons (Fsp3) is 0.300. The molecule has 1 unspecified atom stereocenters. The number of benzene rings is 1. The molecule has 1 atom stereocenters. The predicted octanol–water partition coefficient (Wildman–Crippen LogP) is 3.81. The molecule has 0 saturated carbocycles. The van der Waals surface area contributed by atoms with E-state index in [1.54, 1.807) is 26.0 Å². The van der Waals surface area contributed by atoms with Gasteiger partial charge in [-0.25, -0.2) is 13.6 Å². The molecule has 1 aliphatic rings. The van der Waals surface area contributed by atoms with Crippen molar-refractivity contribution in [1.29, 1.82) is 0 Å². The Morgan fingerprint density at radius 1 is 1.26 bits per heavy atom. The Kier molecular flexibility index (Phi) is 4.63. The maximum absolute atomic E-state index is 15.4. The van der Waals surface area contributed by atoms with Crippen LogP contribution in [0, 0.1) is 11.7 Å². The highest BCUT2D eigenvalue weighted by Gasteiger charge is 2.31. The third kappa shape index (κ3) is 3.25. The molecule has 0 radical (unpaired) electrons. The lowest BCUT2D eigenvalue weighted by molar-refractivity contribution is -0.136. The normalized spacial score (nSPS) is 19.5. The maximum Gasteiger partial charge on any atom is 0.354 e. The SMILES string of the molecule is COC(=O)C1=C(c2ccc3ccn(C(=O)C(C)C)c3c2F)C=CC(C)(F)N1. The smallest absolute Gasteiger partial charge is 0.354 e. The largest absolute Gasteiger partial charge is 0.464 e. The minimum atomic E-state index is -1.97. The summed E-state index contributed by atoms with van der Waals surface area (Å²) in [7, 11) is 1.16. The molecule has 27 heavy (non-hydrogen) atoms. The first-order valence-corrected chi connectivity index (χ1v) is 8.49. The molecular weight excluding hydrogens is 354 g/mol. The molecule has 0 saturated heterocycles. The van der Waals surface area contributed by atoms with E-state index < -0.39 is 17.6 Å². The minimum Gasteiger partial charge on any atom is -0.464 e. The monoisotopic (exact) mass is 374 g/mol. The van der Waals surface area contributed by atoms with Gasteiger partial charge in [-0.3, -0.25) is 9.36 Å². The number of aromatic nitrogens is 1. The number of dihydropyridines is 1. The summed E-state index contributed by atoms with van der Waals surface area (Å²) in [4.78, 5) is 24.5. The molecule has 7 heteroatoms. The molecule has 0 fully saturated rings. The summed E-state index contributed by atoms with van der Waals surface area (Å²) in [5.74, 6) is -4.03. The molecule has 5 nitrogen and oxygen atoms in total. The number of hydrogen-bond donors (Lipinski definition) is 1. The van der Waals surface area contributed by atoms with Crippen LogP contribution in [0.1, 0.15) is 31.1 Å². The van der Waals surface area contributed by atoms with Crippen LogP contribution >= 0.6 is 0 Å². The minimum absolute atomic E-state index is 0.0682. The maximum atomic E-state index is 15.4. The summed E-state index contributed by atoms with van der Waals surface area (Å²) in [6, 6.07) is 4.79. The lowest BCUT2D eigenvalue weighted by atomic mass is 9.96. The summed E-state index contributed by atoms with van der Waals surface area (Å²) in [6.07, 6.45) is 4.05. The number of nitrogens with zero attached hydrogens (tertiary/aromatic N) is 1. The molecular formula is C20H20F2N2O3. The van der Waals surface area contributed by atoms with Crippen molar-refractivity contribution in [2.45, 2.75) is 26.6 Å². The number of carbonyl (C=O) groups is 2. The number of esters is 1. The van der Waals surface area contributed by atoms with E-state index in [2.05, 4.69) is 5.32 Å².